The molecule has 2 aromatic carbocycles. The summed E-state index contributed by atoms with van der Waals surface area (Å²) in [6.45, 7) is 12.7. The van der Waals surface area contributed by atoms with Crippen molar-refractivity contribution in [2.24, 2.45) is 11.3 Å². The van der Waals surface area contributed by atoms with Gasteiger partial charge in [0.25, 0.3) is 5.91 Å². The predicted molar refractivity (Wildman–Crippen MR) is 138 cm³/mol. The first-order valence-electron chi connectivity index (χ1n) is 12.0. The molecule has 2 rings (SSSR count). The zero-order valence-electron chi connectivity index (χ0n) is 22.0. The van der Waals surface area contributed by atoms with Crippen molar-refractivity contribution in [3.63, 3.8) is 0 Å². The van der Waals surface area contributed by atoms with Crippen LogP contribution in [0.4, 0.5) is 5.69 Å². The van der Waals surface area contributed by atoms with Gasteiger partial charge < -0.3 is 20.1 Å². The molecule has 194 valence electrons. The Hall–Kier alpha value is -3.68. The average Bonchev–Trinajstić information content (AvgIpc) is 2.82. The van der Waals surface area contributed by atoms with Gasteiger partial charge in [-0.3, -0.25) is 14.4 Å². The number of Topliss-reactive ketones (excluding diaryl/α,β-unsaturated/α-hetero) is 1. The number of hydrogen-bond acceptors (Lipinski definition) is 6. The number of nitrogens with one attached hydrogen (secondary N) is 2. The molecule has 0 aliphatic heterocycles. The summed E-state index contributed by atoms with van der Waals surface area (Å²) < 4.78 is 10.9. The molecule has 1 unspecified atom stereocenters. The Morgan fingerprint density at radius 1 is 0.917 bits per heavy atom. The minimum Gasteiger partial charge on any atom is -0.493 e. The zero-order chi connectivity index (χ0) is 27.0. The summed E-state index contributed by atoms with van der Waals surface area (Å²) in [5, 5.41) is 5.50. The van der Waals surface area contributed by atoms with E-state index in [9.17, 15) is 19.2 Å². The molecule has 0 heterocycles. The molecule has 0 aliphatic carbocycles. The number of benzene rings is 2. The highest BCUT2D eigenvalue weighted by Gasteiger charge is 2.30. The van der Waals surface area contributed by atoms with E-state index in [-0.39, 0.29) is 11.8 Å². The molecular weight excluding hydrogens is 460 g/mol. The van der Waals surface area contributed by atoms with E-state index in [0.29, 0.717) is 29.2 Å². The second kappa shape index (κ2) is 12.3. The largest absolute Gasteiger partial charge is 0.493 e. The van der Waals surface area contributed by atoms with E-state index >= 15 is 0 Å². The fraction of sp³-hybridized carbons (Fsp3) is 0.429. The molecular formula is C28H36N2O6. The van der Waals surface area contributed by atoms with Gasteiger partial charge in [0.15, 0.2) is 6.10 Å². The van der Waals surface area contributed by atoms with Crippen LogP contribution in [0.25, 0.3) is 0 Å². The Morgan fingerprint density at radius 2 is 1.53 bits per heavy atom. The first kappa shape index (κ1) is 28.6. The van der Waals surface area contributed by atoms with E-state index in [0.717, 1.165) is 0 Å². The summed E-state index contributed by atoms with van der Waals surface area (Å²) in [7, 11) is 0. The first-order chi connectivity index (χ1) is 16.8. The van der Waals surface area contributed by atoms with Gasteiger partial charge in [-0.15, -0.1) is 0 Å². The summed E-state index contributed by atoms with van der Waals surface area (Å²) >= 11 is 0. The van der Waals surface area contributed by atoms with Gasteiger partial charge in [-0.1, -0.05) is 46.8 Å². The molecule has 0 aromatic heterocycles. The van der Waals surface area contributed by atoms with Gasteiger partial charge >= 0.3 is 5.97 Å². The van der Waals surface area contributed by atoms with Crippen molar-refractivity contribution in [3.8, 4) is 5.75 Å². The summed E-state index contributed by atoms with van der Waals surface area (Å²) in [6.07, 6.45) is -1.07. The highest BCUT2D eigenvalue weighted by Crippen LogP contribution is 2.20. The number of hydrogen-bond donors (Lipinski definition) is 2. The quantitative estimate of drug-likeness (QED) is 0.366. The molecule has 2 aromatic rings. The monoisotopic (exact) mass is 496 g/mol. The van der Waals surface area contributed by atoms with Crippen LogP contribution >= 0.6 is 0 Å². The lowest BCUT2D eigenvalue weighted by molar-refractivity contribution is -0.149. The first-order valence-corrected chi connectivity index (χ1v) is 12.0. The molecule has 0 aliphatic rings. The Balaban J connectivity index is 2.06. The highest BCUT2D eigenvalue weighted by atomic mass is 16.5. The number of ether oxygens (including phenoxy) is 2. The van der Waals surface area contributed by atoms with Gasteiger partial charge in [0.05, 0.1) is 12.2 Å². The Morgan fingerprint density at radius 3 is 2.08 bits per heavy atom. The fourth-order valence-electron chi connectivity index (χ4n) is 3.22. The summed E-state index contributed by atoms with van der Waals surface area (Å²) in [5.74, 6) is -1.58. The van der Waals surface area contributed by atoms with E-state index in [1.807, 2.05) is 6.92 Å². The number of para-hydroxylation sites is 1. The minimum absolute atomic E-state index is 0.144. The molecule has 0 spiro atoms. The van der Waals surface area contributed by atoms with Crippen LogP contribution in [0.15, 0.2) is 48.5 Å². The third-order valence-corrected chi connectivity index (χ3v) is 5.41. The van der Waals surface area contributed by atoms with Crippen molar-refractivity contribution in [2.45, 2.75) is 60.6 Å². The van der Waals surface area contributed by atoms with Crippen LogP contribution in [0.5, 0.6) is 5.75 Å². The smallest absolute Gasteiger partial charge is 0.329 e. The van der Waals surface area contributed by atoms with Crippen molar-refractivity contribution in [3.05, 3.63) is 59.7 Å². The maximum Gasteiger partial charge on any atom is 0.329 e. The van der Waals surface area contributed by atoms with Gasteiger partial charge in [-0.2, -0.15) is 0 Å². The summed E-state index contributed by atoms with van der Waals surface area (Å²) in [5.41, 5.74) is 0.649. The van der Waals surface area contributed by atoms with E-state index in [4.69, 9.17) is 9.47 Å². The molecule has 8 nitrogen and oxygen atoms in total. The van der Waals surface area contributed by atoms with Crippen molar-refractivity contribution in [1.82, 2.24) is 5.32 Å². The Labute approximate surface area is 212 Å². The second-order valence-corrected chi connectivity index (χ2v) is 9.85. The molecule has 0 saturated carbocycles. The molecule has 2 amide bonds. The minimum atomic E-state index is -1.07. The number of carbonyl (C=O) groups excluding carboxylic acids is 4. The molecule has 36 heavy (non-hydrogen) atoms. The van der Waals surface area contributed by atoms with Crippen LogP contribution in [0.1, 0.15) is 69.2 Å². The van der Waals surface area contributed by atoms with Gasteiger partial charge in [-0.25, -0.2) is 4.79 Å². The van der Waals surface area contributed by atoms with Crippen molar-refractivity contribution >= 4 is 29.3 Å². The molecule has 8 heteroatoms. The van der Waals surface area contributed by atoms with Crippen LogP contribution < -0.4 is 15.4 Å². The van der Waals surface area contributed by atoms with Gasteiger partial charge in [0.2, 0.25) is 11.7 Å². The second-order valence-electron chi connectivity index (χ2n) is 9.85. The lowest BCUT2D eigenvalue weighted by Gasteiger charge is -2.23. The number of anilines is 1. The van der Waals surface area contributed by atoms with Gasteiger partial charge in [0.1, 0.15) is 11.8 Å². The summed E-state index contributed by atoms with van der Waals surface area (Å²) in [4.78, 5) is 50.8. The zero-order valence-corrected chi connectivity index (χ0v) is 22.0. The normalized spacial score (nSPS) is 12.9. The molecule has 0 fully saturated rings. The van der Waals surface area contributed by atoms with Crippen molar-refractivity contribution in [2.75, 3.05) is 11.9 Å². The number of rotatable bonds is 10. The topological polar surface area (TPSA) is 111 Å². The van der Waals surface area contributed by atoms with Crippen molar-refractivity contribution < 1.29 is 28.7 Å². The maximum atomic E-state index is 12.9. The van der Waals surface area contributed by atoms with Crippen LogP contribution in [-0.4, -0.2) is 42.3 Å². The number of amides is 2. The van der Waals surface area contributed by atoms with E-state index in [1.54, 1.807) is 83.1 Å². The molecule has 0 bridgehead atoms. The van der Waals surface area contributed by atoms with Gasteiger partial charge in [-0.05, 0) is 56.2 Å². The number of carbonyl (C=O) groups is 4. The predicted octanol–water partition coefficient (Wildman–Crippen LogP) is 4.64. The average molecular weight is 497 g/mol. The number of esters is 1. The van der Waals surface area contributed by atoms with Gasteiger partial charge in [0, 0.05) is 16.7 Å². The van der Waals surface area contributed by atoms with E-state index in [2.05, 4.69) is 10.6 Å². The van der Waals surface area contributed by atoms with Crippen LogP contribution in [0, 0.1) is 11.3 Å². The van der Waals surface area contributed by atoms with Crippen molar-refractivity contribution in [1.29, 1.82) is 0 Å². The third kappa shape index (κ3) is 7.66. The third-order valence-electron chi connectivity index (χ3n) is 5.41. The molecule has 2 N–H and O–H groups in total. The Bertz CT molecular complexity index is 1090. The lowest BCUT2D eigenvalue weighted by Crippen LogP contribution is -2.46. The Kier molecular flexibility index (Phi) is 9.78. The van der Waals surface area contributed by atoms with E-state index in [1.165, 1.54) is 6.92 Å². The molecule has 0 radical (unpaired) electrons. The number of ketones is 1. The maximum absolute atomic E-state index is 12.9. The molecule has 0 saturated heterocycles. The van der Waals surface area contributed by atoms with Crippen LogP contribution in [-0.2, 0) is 14.3 Å². The SMILES string of the molecule is CCOc1ccccc1C(=O)N[C@H](C(=O)OC(C)C(=O)c1ccc(NC(=O)C(C)(C)C)cc1)C(C)C. The van der Waals surface area contributed by atoms with E-state index < -0.39 is 35.2 Å². The van der Waals surface area contributed by atoms with Crippen LogP contribution in [0.3, 0.4) is 0 Å². The standard InChI is InChI=1S/C28H36N2O6/c1-8-35-22-12-10-9-11-21(22)25(32)30-23(17(2)3)26(33)36-18(4)24(31)19-13-15-20(16-14-19)29-27(34)28(5,6)7/h9-18,23H,8H2,1-7H3,(H,29,34)(H,30,32)/t18?,23-/m0/s1. The highest BCUT2D eigenvalue weighted by molar-refractivity contribution is 6.02. The molecule has 2 atom stereocenters. The lowest BCUT2D eigenvalue weighted by atomic mass is 9.95. The van der Waals surface area contributed by atoms with Crippen LogP contribution in [0.2, 0.25) is 0 Å². The summed E-state index contributed by atoms with van der Waals surface area (Å²) in [6, 6.07) is 12.2. The fourth-order valence-corrected chi connectivity index (χ4v) is 3.22.